The SMILES string of the molecule is c1ccc(-c2nc(-c3ccc(-n4c5ccccc5c5c6sc7ccccc7c6c6ccccc6c54)cc3)c3c(n2)oc2ccccc23)cc1. The minimum Gasteiger partial charge on any atom is -0.438 e. The second-order valence-electron chi connectivity index (χ2n) is 12.5. The Morgan fingerprint density at radius 1 is 0.490 bits per heavy atom. The maximum absolute atomic E-state index is 6.30. The summed E-state index contributed by atoms with van der Waals surface area (Å²) in [5.41, 5.74) is 7.75. The van der Waals surface area contributed by atoms with Crippen molar-refractivity contribution >= 4 is 86.2 Å². The van der Waals surface area contributed by atoms with E-state index in [2.05, 4.69) is 108 Å². The van der Waals surface area contributed by atoms with Crippen LogP contribution in [0.5, 0.6) is 0 Å². The largest absolute Gasteiger partial charge is 0.438 e. The summed E-state index contributed by atoms with van der Waals surface area (Å²) in [7, 11) is 0. The van der Waals surface area contributed by atoms with E-state index in [0.29, 0.717) is 11.5 Å². The highest BCUT2D eigenvalue weighted by Gasteiger charge is 2.22. The van der Waals surface area contributed by atoms with Crippen LogP contribution in [-0.4, -0.2) is 14.5 Å². The van der Waals surface area contributed by atoms with Crippen molar-refractivity contribution < 1.29 is 4.42 Å². The number of furan rings is 1. The third-order valence-corrected chi connectivity index (χ3v) is 11.0. The molecular formula is C44H25N3OS. The quantitative estimate of drug-likeness (QED) is 0.192. The normalized spacial score (nSPS) is 12.1. The Balaban J connectivity index is 1.19. The van der Waals surface area contributed by atoms with Gasteiger partial charge in [0.15, 0.2) is 5.82 Å². The average molecular weight is 644 g/mol. The van der Waals surface area contributed by atoms with E-state index >= 15 is 0 Å². The van der Waals surface area contributed by atoms with Crippen LogP contribution in [-0.2, 0) is 0 Å². The van der Waals surface area contributed by atoms with Crippen LogP contribution in [0, 0.1) is 0 Å². The number of benzene rings is 7. The van der Waals surface area contributed by atoms with Crippen LogP contribution in [0.15, 0.2) is 156 Å². The molecule has 0 aliphatic carbocycles. The number of nitrogens with zero attached hydrogens (tertiary/aromatic N) is 3. The molecule has 0 bridgehead atoms. The highest BCUT2D eigenvalue weighted by atomic mass is 32.1. The highest BCUT2D eigenvalue weighted by Crippen LogP contribution is 2.48. The molecule has 11 aromatic rings. The summed E-state index contributed by atoms with van der Waals surface area (Å²) in [6.45, 7) is 0. The summed E-state index contributed by atoms with van der Waals surface area (Å²) in [6.07, 6.45) is 0. The molecule has 7 aromatic carbocycles. The van der Waals surface area contributed by atoms with Gasteiger partial charge in [-0.1, -0.05) is 121 Å². The molecule has 0 aliphatic heterocycles. The fourth-order valence-corrected chi connectivity index (χ4v) is 8.98. The van der Waals surface area contributed by atoms with E-state index in [1.54, 1.807) is 0 Å². The van der Waals surface area contributed by atoms with Gasteiger partial charge >= 0.3 is 0 Å². The molecule has 0 radical (unpaired) electrons. The van der Waals surface area contributed by atoms with Crippen LogP contribution < -0.4 is 0 Å². The zero-order chi connectivity index (χ0) is 32.1. The van der Waals surface area contributed by atoms with Crippen LogP contribution in [0.1, 0.15) is 0 Å². The molecule has 0 atom stereocenters. The van der Waals surface area contributed by atoms with Crippen molar-refractivity contribution in [3.8, 4) is 28.3 Å². The van der Waals surface area contributed by atoms with E-state index in [0.717, 1.165) is 38.9 Å². The van der Waals surface area contributed by atoms with Gasteiger partial charge in [0.1, 0.15) is 5.58 Å². The van der Waals surface area contributed by atoms with E-state index in [9.17, 15) is 0 Å². The summed E-state index contributed by atoms with van der Waals surface area (Å²) in [4.78, 5) is 10.1. The smallest absolute Gasteiger partial charge is 0.231 e. The fraction of sp³-hybridized carbons (Fsp3) is 0. The first kappa shape index (κ1) is 26.7. The lowest BCUT2D eigenvalue weighted by molar-refractivity contribution is 0.653. The van der Waals surface area contributed by atoms with Crippen molar-refractivity contribution in [3.05, 3.63) is 152 Å². The van der Waals surface area contributed by atoms with Crippen molar-refractivity contribution in [3.63, 3.8) is 0 Å². The minimum atomic E-state index is 0.593. The molecule has 11 rings (SSSR count). The van der Waals surface area contributed by atoms with E-state index < -0.39 is 0 Å². The van der Waals surface area contributed by atoms with Crippen LogP contribution in [0.2, 0.25) is 0 Å². The Bertz CT molecular complexity index is 3100. The maximum Gasteiger partial charge on any atom is 0.231 e. The Labute approximate surface area is 284 Å². The lowest BCUT2D eigenvalue weighted by atomic mass is 9.99. The van der Waals surface area contributed by atoms with Gasteiger partial charge in [0.05, 0.1) is 22.1 Å². The predicted octanol–water partition coefficient (Wildman–Crippen LogP) is 12.3. The monoisotopic (exact) mass is 643 g/mol. The van der Waals surface area contributed by atoms with Crippen molar-refractivity contribution in [2.75, 3.05) is 0 Å². The Morgan fingerprint density at radius 2 is 1.16 bits per heavy atom. The highest BCUT2D eigenvalue weighted by molar-refractivity contribution is 7.27. The fourth-order valence-electron chi connectivity index (χ4n) is 7.71. The summed E-state index contributed by atoms with van der Waals surface area (Å²) in [6, 6.07) is 53.5. The lowest BCUT2D eigenvalue weighted by Gasteiger charge is -2.12. The van der Waals surface area contributed by atoms with Gasteiger partial charge in [-0.05, 0) is 35.7 Å². The third kappa shape index (κ3) is 3.79. The van der Waals surface area contributed by atoms with Crippen molar-refractivity contribution in [2.45, 2.75) is 0 Å². The molecule has 228 valence electrons. The molecule has 49 heavy (non-hydrogen) atoms. The minimum absolute atomic E-state index is 0.593. The van der Waals surface area contributed by atoms with E-state index in [4.69, 9.17) is 14.4 Å². The molecule has 0 amide bonds. The lowest BCUT2D eigenvalue weighted by Crippen LogP contribution is -1.96. The maximum atomic E-state index is 6.30. The molecule has 0 saturated carbocycles. The Morgan fingerprint density at radius 3 is 2.00 bits per heavy atom. The molecule has 0 fully saturated rings. The van der Waals surface area contributed by atoms with E-state index in [1.165, 1.54) is 52.8 Å². The molecule has 0 N–H and O–H groups in total. The predicted molar refractivity (Wildman–Crippen MR) is 205 cm³/mol. The topological polar surface area (TPSA) is 43.9 Å². The molecule has 4 heterocycles. The zero-order valence-electron chi connectivity index (χ0n) is 26.1. The first-order valence-corrected chi connectivity index (χ1v) is 17.2. The molecule has 0 saturated heterocycles. The second-order valence-corrected chi connectivity index (χ2v) is 13.6. The van der Waals surface area contributed by atoms with Gasteiger partial charge in [0, 0.05) is 58.5 Å². The number of para-hydroxylation sites is 2. The van der Waals surface area contributed by atoms with E-state index in [1.807, 2.05) is 59.9 Å². The summed E-state index contributed by atoms with van der Waals surface area (Å²) in [5.74, 6) is 0.646. The first-order valence-electron chi connectivity index (χ1n) is 16.4. The molecule has 0 spiro atoms. The number of rotatable bonds is 3. The summed E-state index contributed by atoms with van der Waals surface area (Å²) < 4.78 is 11.4. The van der Waals surface area contributed by atoms with Gasteiger partial charge in [0.2, 0.25) is 5.71 Å². The first-order chi connectivity index (χ1) is 24.3. The van der Waals surface area contributed by atoms with Gasteiger partial charge in [-0.3, -0.25) is 0 Å². The Hall–Kier alpha value is -6.30. The van der Waals surface area contributed by atoms with Crippen LogP contribution >= 0.6 is 11.3 Å². The number of fused-ring (bicyclic) bond motifs is 13. The zero-order valence-corrected chi connectivity index (χ0v) is 26.9. The molecule has 4 aromatic heterocycles. The van der Waals surface area contributed by atoms with Gasteiger partial charge in [-0.2, -0.15) is 4.98 Å². The van der Waals surface area contributed by atoms with Crippen LogP contribution in [0.4, 0.5) is 0 Å². The van der Waals surface area contributed by atoms with Gasteiger partial charge < -0.3 is 8.98 Å². The summed E-state index contributed by atoms with van der Waals surface area (Å²) in [5, 5.41) is 9.71. The molecule has 0 aliphatic rings. The summed E-state index contributed by atoms with van der Waals surface area (Å²) >= 11 is 1.89. The number of thiophene rings is 1. The average Bonchev–Trinajstić information content (AvgIpc) is 3.85. The van der Waals surface area contributed by atoms with Gasteiger partial charge in [-0.25, -0.2) is 4.98 Å². The van der Waals surface area contributed by atoms with Crippen molar-refractivity contribution in [1.82, 2.24) is 14.5 Å². The standard InChI is InChI=1S/C44H25N3OS/c1-2-12-27(13-3-1)43-45-40(38-32-17-7-10-20-35(32)48-44(38)46-43)26-22-24-28(25-23-26)47-34-19-9-6-16-31(34)39-41(47)30-15-5-4-14-29(30)37-33-18-8-11-21-36(33)49-42(37)39/h1-25H. The van der Waals surface area contributed by atoms with Crippen molar-refractivity contribution in [1.29, 1.82) is 0 Å². The molecular weight excluding hydrogens is 619 g/mol. The Kier molecular flexibility index (Phi) is 5.51. The van der Waals surface area contributed by atoms with Gasteiger partial charge in [0.25, 0.3) is 0 Å². The second kappa shape index (κ2) is 10.1. The molecule has 4 nitrogen and oxygen atoms in total. The van der Waals surface area contributed by atoms with Crippen LogP contribution in [0.25, 0.3) is 103 Å². The van der Waals surface area contributed by atoms with Gasteiger partial charge in [-0.15, -0.1) is 11.3 Å². The van der Waals surface area contributed by atoms with Crippen molar-refractivity contribution in [2.24, 2.45) is 0 Å². The van der Waals surface area contributed by atoms with E-state index in [-0.39, 0.29) is 0 Å². The number of hydrogen-bond acceptors (Lipinski definition) is 4. The molecule has 0 unspecified atom stereocenters. The molecule has 5 heteroatoms. The third-order valence-electron chi connectivity index (χ3n) is 9.82. The number of hydrogen-bond donors (Lipinski definition) is 0. The number of aromatic nitrogens is 3. The van der Waals surface area contributed by atoms with Crippen LogP contribution in [0.3, 0.4) is 0 Å².